The van der Waals surface area contributed by atoms with Gasteiger partial charge in [-0.1, -0.05) is 49.4 Å². The van der Waals surface area contributed by atoms with Gasteiger partial charge in [0.1, 0.15) is 0 Å². The van der Waals surface area contributed by atoms with E-state index in [1.807, 2.05) is 0 Å². The van der Waals surface area contributed by atoms with Gasteiger partial charge in [-0.15, -0.1) is 0 Å². The van der Waals surface area contributed by atoms with Gasteiger partial charge in [0.05, 0.1) is 0 Å². The predicted octanol–water partition coefficient (Wildman–Crippen LogP) is 3.50. The van der Waals surface area contributed by atoms with E-state index in [9.17, 15) is 0 Å². The summed E-state index contributed by atoms with van der Waals surface area (Å²) < 4.78 is 0. The van der Waals surface area contributed by atoms with Gasteiger partial charge in [0.2, 0.25) is 0 Å². The lowest BCUT2D eigenvalue weighted by Gasteiger charge is -2.14. The largest absolute Gasteiger partial charge is 0.324 e. The summed E-state index contributed by atoms with van der Waals surface area (Å²) in [5, 5.41) is 2.61. The van der Waals surface area contributed by atoms with Crippen LogP contribution in [0.3, 0.4) is 0 Å². The molecule has 1 saturated carbocycles. The molecule has 1 aliphatic rings. The summed E-state index contributed by atoms with van der Waals surface area (Å²) >= 11 is 0. The Morgan fingerprint density at radius 3 is 2.56 bits per heavy atom. The van der Waals surface area contributed by atoms with Crippen molar-refractivity contribution >= 4 is 10.8 Å². The molecule has 1 nitrogen and oxygen atoms in total. The highest BCUT2D eigenvalue weighted by Gasteiger charge is 2.38. The quantitative estimate of drug-likeness (QED) is 0.808. The van der Waals surface area contributed by atoms with Gasteiger partial charge in [0.25, 0.3) is 0 Å². The summed E-state index contributed by atoms with van der Waals surface area (Å²) in [5.41, 5.74) is 7.67. The third-order valence-corrected chi connectivity index (χ3v) is 3.82. The van der Waals surface area contributed by atoms with Crippen LogP contribution in [0.4, 0.5) is 0 Å². The average molecular weight is 211 g/mol. The summed E-state index contributed by atoms with van der Waals surface area (Å²) in [7, 11) is 0. The third kappa shape index (κ3) is 1.52. The molecule has 0 bridgehead atoms. The van der Waals surface area contributed by atoms with E-state index in [1.54, 1.807) is 0 Å². The van der Waals surface area contributed by atoms with Gasteiger partial charge >= 0.3 is 0 Å². The summed E-state index contributed by atoms with van der Waals surface area (Å²) in [4.78, 5) is 0. The lowest BCUT2D eigenvalue weighted by atomic mass is 9.96. The Labute approximate surface area is 96.3 Å². The van der Waals surface area contributed by atoms with Gasteiger partial charge in [0, 0.05) is 6.04 Å². The molecule has 0 spiro atoms. The van der Waals surface area contributed by atoms with Crippen molar-refractivity contribution in [1.29, 1.82) is 0 Å². The molecule has 3 atom stereocenters. The fourth-order valence-electron chi connectivity index (χ4n) is 2.62. The van der Waals surface area contributed by atoms with Crippen molar-refractivity contribution in [3.05, 3.63) is 48.0 Å². The van der Waals surface area contributed by atoms with Crippen LogP contribution in [0.5, 0.6) is 0 Å². The van der Waals surface area contributed by atoms with Crippen LogP contribution in [0, 0.1) is 11.8 Å². The van der Waals surface area contributed by atoms with E-state index in [4.69, 9.17) is 5.73 Å². The van der Waals surface area contributed by atoms with E-state index >= 15 is 0 Å². The van der Waals surface area contributed by atoms with Crippen molar-refractivity contribution in [2.45, 2.75) is 19.4 Å². The first kappa shape index (κ1) is 9.86. The molecule has 1 heteroatoms. The minimum Gasteiger partial charge on any atom is -0.324 e. The minimum absolute atomic E-state index is 0.209. The molecule has 0 aliphatic heterocycles. The topological polar surface area (TPSA) is 26.0 Å². The van der Waals surface area contributed by atoms with Crippen LogP contribution >= 0.6 is 0 Å². The zero-order valence-corrected chi connectivity index (χ0v) is 9.56. The van der Waals surface area contributed by atoms with E-state index in [1.165, 1.54) is 22.8 Å². The maximum atomic E-state index is 6.36. The van der Waals surface area contributed by atoms with Crippen molar-refractivity contribution in [3.63, 3.8) is 0 Å². The highest BCUT2D eigenvalue weighted by atomic mass is 14.7. The molecular weight excluding hydrogens is 194 g/mol. The van der Waals surface area contributed by atoms with E-state index in [2.05, 4.69) is 49.4 Å². The number of benzene rings is 2. The summed E-state index contributed by atoms with van der Waals surface area (Å²) in [5.74, 6) is 1.49. The molecule has 1 aliphatic carbocycles. The molecule has 0 radical (unpaired) electrons. The smallest absolute Gasteiger partial charge is 0.0332 e. The standard InChI is InChI=1S/C15H17N/c1-10-9-14(10)15(16)13-8-4-6-11-5-2-3-7-12(11)13/h2-8,10,14-15H,9,16H2,1H3. The molecule has 1 fully saturated rings. The molecule has 82 valence electrons. The number of rotatable bonds is 2. The van der Waals surface area contributed by atoms with Crippen molar-refractivity contribution in [2.75, 3.05) is 0 Å². The van der Waals surface area contributed by atoms with Crippen molar-refractivity contribution < 1.29 is 0 Å². The average Bonchev–Trinajstić information content (AvgIpc) is 3.05. The molecule has 0 amide bonds. The number of hydrogen-bond acceptors (Lipinski definition) is 1. The van der Waals surface area contributed by atoms with Crippen molar-refractivity contribution in [2.24, 2.45) is 17.6 Å². The Hall–Kier alpha value is -1.34. The number of fused-ring (bicyclic) bond motifs is 1. The summed E-state index contributed by atoms with van der Waals surface area (Å²) in [6, 6.07) is 15.2. The molecule has 2 aromatic rings. The van der Waals surface area contributed by atoms with Crippen LogP contribution in [-0.4, -0.2) is 0 Å². The highest BCUT2D eigenvalue weighted by molar-refractivity contribution is 5.86. The van der Waals surface area contributed by atoms with Crippen molar-refractivity contribution in [1.82, 2.24) is 0 Å². The Bertz CT molecular complexity index is 512. The van der Waals surface area contributed by atoms with E-state index in [-0.39, 0.29) is 6.04 Å². The molecule has 3 unspecified atom stereocenters. The molecule has 3 rings (SSSR count). The Morgan fingerprint density at radius 2 is 1.81 bits per heavy atom. The number of nitrogens with two attached hydrogens (primary N) is 1. The first-order valence-corrected chi connectivity index (χ1v) is 6.00. The lowest BCUT2D eigenvalue weighted by Crippen LogP contribution is -2.13. The third-order valence-electron chi connectivity index (χ3n) is 3.82. The Kier molecular flexibility index (Phi) is 2.22. The maximum Gasteiger partial charge on any atom is 0.0332 e. The first-order valence-electron chi connectivity index (χ1n) is 6.00. The van der Waals surface area contributed by atoms with Gasteiger partial charge in [-0.3, -0.25) is 0 Å². The molecule has 16 heavy (non-hydrogen) atoms. The Balaban J connectivity index is 2.09. The lowest BCUT2D eigenvalue weighted by molar-refractivity contribution is 0.597. The Morgan fingerprint density at radius 1 is 1.12 bits per heavy atom. The van der Waals surface area contributed by atoms with Crippen LogP contribution in [0.1, 0.15) is 24.9 Å². The second-order valence-corrected chi connectivity index (χ2v) is 4.97. The van der Waals surface area contributed by atoms with Gasteiger partial charge < -0.3 is 5.73 Å². The fraction of sp³-hybridized carbons (Fsp3) is 0.333. The van der Waals surface area contributed by atoms with Gasteiger partial charge in [-0.2, -0.15) is 0 Å². The zero-order valence-electron chi connectivity index (χ0n) is 9.56. The molecule has 0 saturated heterocycles. The monoisotopic (exact) mass is 211 g/mol. The molecule has 0 aromatic heterocycles. The molecular formula is C15H17N. The van der Waals surface area contributed by atoms with Gasteiger partial charge in [0.15, 0.2) is 0 Å². The minimum atomic E-state index is 0.209. The number of hydrogen-bond donors (Lipinski definition) is 1. The molecule has 0 heterocycles. The second kappa shape index (κ2) is 3.60. The fourth-order valence-corrected chi connectivity index (χ4v) is 2.62. The predicted molar refractivity (Wildman–Crippen MR) is 68.1 cm³/mol. The molecule has 2 aromatic carbocycles. The van der Waals surface area contributed by atoms with Gasteiger partial charge in [-0.25, -0.2) is 0 Å². The normalized spacial score (nSPS) is 25.6. The SMILES string of the molecule is CC1CC1C(N)c1cccc2ccccc12. The van der Waals surface area contributed by atoms with Crippen LogP contribution in [0.25, 0.3) is 10.8 Å². The maximum absolute atomic E-state index is 6.36. The molecule has 2 N–H and O–H groups in total. The van der Waals surface area contributed by atoms with Crippen molar-refractivity contribution in [3.8, 4) is 0 Å². The summed E-state index contributed by atoms with van der Waals surface area (Å²) in [6.07, 6.45) is 1.28. The van der Waals surface area contributed by atoms with Crippen LogP contribution in [0.2, 0.25) is 0 Å². The van der Waals surface area contributed by atoms with E-state index < -0.39 is 0 Å². The first-order chi connectivity index (χ1) is 7.77. The second-order valence-electron chi connectivity index (χ2n) is 4.97. The van der Waals surface area contributed by atoms with E-state index in [0.717, 1.165) is 5.92 Å². The summed E-state index contributed by atoms with van der Waals surface area (Å²) in [6.45, 7) is 2.29. The highest BCUT2D eigenvalue weighted by Crippen LogP contribution is 2.46. The zero-order chi connectivity index (χ0) is 11.1. The van der Waals surface area contributed by atoms with E-state index in [0.29, 0.717) is 5.92 Å². The van der Waals surface area contributed by atoms with Crippen LogP contribution < -0.4 is 5.73 Å². The van der Waals surface area contributed by atoms with Gasteiger partial charge in [-0.05, 0) is 34.6 Å². The van der Waals surface area contributed by atoms with Crippen LogP contribution in [-0.2, 0) is 0 Å². The van der Waals surface area contributed by atoms with Crippen LogP contribution in [0.15, 0.2) is 42.5 Å².